The van der Waals surface area contributed by atoms with E-state index in [0.29, 0.717) is 11.0 Å². The second-order valence-corrected chi connectivity index (χ2v) is 11.3. The smallest absolute Gasteiger partial charge is 0.323 e. The van der Waals surface area contributed by atoms with E-state index in [1.165, 1.54) is 5.56 Å². The maximum Gasteiger partial charge on any atom is 0.323 e. The summed E-state index contributed by atoms with van der Waals surface area (Å²) < 4.78 is 1.59. The van der Waals surface area contributed by atoms with Gasteiger partial charge >= 0.3 is 11.9 Å². The number of nitrogens with zero attached hydrogens (tertiary/aromatic N) is 3. The van der Waals surface area contributed by atoms with Gasteiger partial charge in [0.05, 0.1) is 4.53 Å². The number of aliphatic carboxylic acids is 2. The number of carboxylic acids is 2. The number of amides is 1. The van der Waals surface area contributed by atoms with E-state index in [1.54, 1.807) is 0 Å². The van der Waals surface area contributed by atoms with Crippen LogP contribution in [-0.4, -0.2) is 55.4 Å². The second-order valence-electron chi connectivity index (χ2n) is 8.61. The fourth-order valence-electron chi connectivity index (χ4n) is 4.12. The van der Waals surface area contributed by atoms with Crippen LogP contribution in [0, 0.1) is 5.92 Å². The first-order valence-corrected chi connectivity index (χ1v) is 13.0. The molecule has 1 amide bonds. The zero-order valence-electron chi connectivity index (χ0n) is 19.7. The monoisotopic (exact) mass is 545 g/mol. The van der Waals surface area contributed by atoms with E-state index < -0.39 is 36.5 Å². The molecule has 2 aliphatic rings. The topological polar surface area (TPSA) is 120 Å². The third-order valence-electron chi connectivity index (χ3n) is 5.88. The summed E-state index contributed by atoms with van der Waals surface area (Å²) in [6.07, 6.45) is 2.65. The molecule has 2 N–H and O–H groups in total. The number of thiocarbonyl (C=S) groups is 1. The number of carbonyl (C=O) groups is 3. The minimum Gasteiger partial charge on any atom is -0.480 e. The van der Waals surface area contributed by atoms with Gasteiger partial charge in [-0.15, -0.1) is 11.3 Å². The Morgan fingerprint density at radius 1 is 1.14 bits per heavy atom. The van der Waals surface area contributed by atoms with Crippen LogP contribution in [0.4, 0.5) is 5.69 Å². The van der Waals surface area contributed by atoms with Crippen molar-refractivity contribution >= 4 is 73.6 Å². The van der Waals surface area contributed by atoms with E-state index >= 15 is 0 Å². The standard InChI is InChI=1S/C24H23N3O6S3/c1-12(2)15(9-14-8-13-6-4-5-7-16(13)25(14)3)19-21(32)26(10-17(28)29)23(35-19)20-22(33)27(11-18(30)31)24(34)36-20/h4-7,9,12H,8,10-11H2,1-3H3,(H,28,29)(H,30,31). The van der Waals surface area contributed by atoms with Crippen molar-refractivity contribution in [2.24, 2.45) is 5.92 Å². The number of para-hydroxylation sites is 1. The van der Waals surface area contributed by atoms with Crippen molar-refractivity contribution < 1.29 is 24.6 Å². The van der Waals surface area contributed by atoms with E-state index in [9.17, 15) is 24.3 Å². The molecule has 0 aliphatic carbocycles. The number of likely N-dealkylation sites (N-methyl/N-ethyl adjacent to an activating group) is 1. The van der Waals surface area contributed by atoms with Crippen LogP contribution in [0.2, 0.25) is 0 Å². The highest BCUT2D eigenvalue weighted by Gasteiger charge is 2.35. The molecule has 0 spiro atoms. The van der Waals surface area contributed by atoms with Crippen molar-refractivity contribution in [3.05, 3.63) is 61.2 Å². The minimum absolute atomic E-state index is 0.0437. The molecule has 0 saturated carbocycles. The molecule has 3 heterocycles. The molecule has 188 valence electrons. The van der Waals surface area contributed by atoms with Crippen LogP contribution in [0.3, 0.4) is 0 Å². The van der Waals surface area contributed by atoms with E-state index in [0.717, 1.165) is 49.5 Å². The Bertz CT molecular complexity index is 1520. The normalized spacial score (nSPS) is 18.9. The lowest BCUT2D eigenvalue weighted by atomic mass is 10.0. The van der Waals surface area contributed by atoms with E-state index in [4.69, 9.17) is 17.3 Å². The fourth-order valence-corrected chi connectivity index (χ4v) is 6.83. The fraction of sp³-hybridized carbons (Fsp3) is 0.292. The molecule has 1 fully saturated rings. The maximum absolute atomic E-state index is 13.5. The number of fused-ring (bicyclic) bond motifs is 1. The van der Waals surface area contributed by atoms with Gasteiger partial charge in [-0.2, -0.15) is 0 Å². The number of benzene rings is 1. The molecule has 0 atom stereocenters. The Balaban J connectivity index is 1.96. The number of aromatic nitrogens is 1. The number of hydrogen-bond donors (Lipinski definition) is 2. The van der Waals surface area contributed by atoms with Gasteiger partial charge in [-0.25, -0.2) is 0 Å². The minimum atomic E-state index is -1.24. The summed E-state index contributed by atoms with van der Waals surface area (Å²) in [5.41, 5.74) is 3.45. The first-order chi connectivity index (χ1) is 17.0. The van der Waals surface area contributed by atoms with Gasteiger partial charge in [0.2, 0.25) is 0 Å². The molecule has 12 heteroatoms. The van der Waals surface area contributed by atoms with Gasteiger partial charge in [0.15, 0.2) is 0 Å². The molecule has 36 heavy (non-hydrogen) atoms. The Labute approximate surface area is 219 Å². The molecule has 2 aromatic rings. The number of thioether (sulfide) groups is 1. The number of anilines is 1. The Morgan fingerprint density at radius 3 is 2.42 bits per heavy atom. The Hall–Kier alpha value is -3.22. The first-order valence-electron chi connectivity index (χ1n) is 11.0. The molecule has 1 saturated heterocycles. The highest BCUT2D eigenvalue weighted by Crippen LogP contribution is 2.34. The predicted octanol–water partition coefficient (Wildman–Crippen LogP) is 1.43. The molecular weight excluding hydrogens is 522 g/mol. The lowest BCUT2D eigenvalue weighted by molar-refractivity contribution is -0.140. The number of thiazole rings is 1. The molecule has 9 nitrogen and oxygen atoms in total. The summed E-state index contributed by atoms with van der Waals surface area (Å²) in [7, 11) is 1.96. The molecule has 4 rings (SSSR count). The summed E-state index contributed by atoms with van der Waals surface area (Å²) in [5.74, 6) is -3.20. The summed E-state index contributed by atoms with van der Waals surface area (Å²) in [6.45, 7) is 2.64. The number of carbonyl (C=O) groups excluding carboxylic acids is 1. The van der Waals surface area contributed by atoms with E-state index in [-0.39, 0.29) is 19.8 Å². The molecule has 0 bridgehead atoms. The van der Waals surface area contributed by atoms with Crippen LogP contribution in [-0.2, 0) is 27.3 Å². The number of rotatable bonds is 6. The summed E-state index contributed by atoms with van der Waals surface area (Å²) >= 11 is 7.09. The van der Waals surface area contributed by atoms with E-state index in [1.807, 2.05) is 45.2 Å². The summed E-state index contributed by atoms with van der Waals surface area (Å²) in [5, 5.41) is 18.6. The average molecular weight is 546 g/mol. The largest absolute Gasteiger partial charge is 0.480 e. The lowest BCUT2D eigenvalue weighted by Gasteiger charge is -2.16. The van der Waals surface area contributed by atoms with Crippen LogP contribution in [0.1, 0.15) is 19.4 Å². The number of allylic oxidation sites excluding steroid dienone is 2. The van der Waals surface area contributed by atoms with Crippen molar-refractivity contribution in [3.63, 3.8) is 0 Å². The average Bonchev–Trinajstić information content (AvgIpc) is 3.39. The zero-order valence-corrected chi connectivity index (χ0v) is 22.1. The van der Waals surface area contributed by atoms with Crippen LogP contribution in [0.25, 0.3) is 10.5 Å². The van der Waals surface area contributed by atoms with Crippen molar-refractivity contribution in [1.82, 2.24) is 9.47 Å². The van der Waals surface area contributed by atoms with Crippen LogP contribution >= 0.6 is 35.3 Å². The van der Waals surface area contributed by atoms with Gasteiger partial charge in [0.25, 0.3) is 11.5 Å². The molecule has 1 aromatic heterocycles. The Kier molecular flexibility index (Phi) is 7.21. The lowest BCUT2D eigenvalue weighted by Crippen LogP contribution is -2.37. The highest BCUT2D eigenvalue weighted by atomic mass is 32.2. The Morgan fingerprint density at radius 2 is 1.81 bits per heavy atom. The molecule has 0 unspecified atom stereocenters. The van der Waals surface area contributed by atoms with Crippen molar-refractivity contribution in [2.45, 2.75) is 26.8 Å². The third-order valence-corrected chi connectivity index (χ3v) is 8.67. The predicted molar refractivity (Wildman–Crippen MR) is 143 cm³/mol. The van der Waals surface area contributed by atoms with Gasteiger partial charge in [0.1, 0.15) is 27.0 Å². The maximum atomic E-state index is 13.5. The van der Waals surface area contributed by atoms with Crippen molar-refractivity contribution in [2.75, 3.05) is 18.5 Å². The third kappa shape index (κ3) is 4.75. The SMILES string of the molecule is CC(C)C(C=C1Cc2ccccc2N1C)=c1sc(=C2SC(=S)N(CC(=O)O)C2=O)n(CC(=O)O)c1=O. The molecule has 0 radical (unpaired) electrons. The molecular formula is C24H23N3O6S3. The first kappa shape index (κ1) is 25.9. The van der Waals surface area contributed by atoms with Gasteiger partial charge < -0.3 is 15.1 Å². The van der Waals surface area contributed by atoms with Crippen LogP contribution < -0.4 is 19.7 Å². The summed E-state index contributed by atoms with van der Waals surface area (Å²) in [6, 6.07) is 8.02. The number of carboxylic acid groups (broad SMARTS) is 2. The van der Waals surface area contributed by atoms with Crippen LogP contribution in [0.15, 0.2) is 40.8 Å². The summed E-state index contributed by atoms with van der Waals surface area (Å²) in [4.78, 5) is 52.4. The van der Waals surface area contributed by atoms with Crippen molar-refractivity contribution in [3.8, 4) is 0 Å². The zero-order chi connectivity index (χ0) is 26.3. The second kappa shape index (κ2) is 10.0. The highest BCUT2D eigenvalue weighted by molar-refractivity contribution is 8.30. The van der Waals surface area contributed by atoms with Crippen molar-refractivity contribution in [1.29, 1.82) is 0 Å². The van der Waals surface area contributed by atoms with Gasteiger partial charge in [-0.05, 0) is 29.2 Å². The van der Waals surface area contributed by atoms with Crippen LogP contribution in [0.5, 0.6) is 0 Å². The van der Waals surface area contributed by atoms with E-state index in [2.05, 4.69) is 11.0 Å². The number of hydrogen-bond acceptors (Lipinski definition) is 8. The van der Waals surface area contributed by atoms with Gasteiger partial charge in [0, 0.05) is 24.9 Å². The van der Waals surface area contributed by atoms with Gasteiger partial charge in [-0.3, -0.25) is 28.6 Å². The molecule has 1 aromatic carbocycles. The molecule has 2 aliphatic heterocycles. The van der Waals surface area contributed by atoms with Gasteiger partial charge in [-0.1, -0.05) is 56.0 Å². The quantitative estimate of drug-likeness (QED) is 0.520.